The number of carbonyl (C=O) groups excluding carboxylic acids is 1. The van der Waals surface area contributed by atoms with Crippen LogP contribution in [0.1, 0.15) is 50.7 Å². The van der Waals surface area contributed by atoms with Crippen molar-refractivity contribution in [1.29, 1.82) is 0 Å². The molecule has 3 rings (SSSR count). The van der Waals surface area contributed by atoms with Crippen molar-refractivity contribution >= 4 is 5.91 Å². The molecule has 0 aliphatic carbocycles. The van der Waals surface area contributed by atoms with Gasteiger partial charge in [-0.2, -0.15) is 4.98 Å². The molecule has 1 aromatic heterocycles. The highest BCUT2D eigenvalue weighted by Gasteiger charge is 2.39. The third-order valence-electron chi connectivity index (χ3n) is 5.16. The quantitative estimate of drug-likeness (QED) is 0.753. The molecule has 2 aliphatic rings. The van der Waals surface area contributed by atoms with E-state index in [4.69, 9.17) is 9.26 Å². The topological polar surface area (TPSA) is 71.7 Å². The summed E-state index contributed by atoms with van der Waals surface area (Å²) in [6.45, 7) is 5.16. The van der Waals surface area contributed by atoms with Gasteiger partial charge in [-0.1, -0.05) is 12.1 Å². The highest BCUT2D eigenvalue weighted by molar-refractivity contribution is 5.76. The monoisotopic (exact) mass is 336 g/mol. The van der Waals surface area contributed by atoms with Crippen molar-refractivity contribution in [2.45, 2.75) is 64.1 Å². The van der Waals surface area contributed by atoms with Crippen LogP contribution in [0.25, 0.3) is 0 Å². The molecule has 1 aromatic rings. The Labute approximate surface area is 143 Å². The van der Waals surface area contributed by atoms with Gasteiger partial charge < -0.3 is 14.2 Å². The number of aromatic nitrogens is 2. The smallest absolute Gasteiger partial charge is 0.240 e. The fourth-order valence-corrected chi connectivity index (χ4v) is 4.01. The van der Waals surface area contributed by atoms with Crippen LogP contribution in [0.4, 0.5) is 0 Å². The van der Waals surface area contributed by atoms with Crippen molar-refractivity contribution in [2.24, 2.45) is 0 Å². The van der Waals surface area contributed by atoms with Gasteiger partial charge in [0.15, 0.2) is 5.82 Å². The van der Waals surface area contributed by atoms with E-state index in [2.05, 4.69) is 19.9 Å². The maximum Gasteiger partial charge on any atom is 0.240 e. The van der Waals surface area contributed by atoms with E-state index in [-0.39, 0.29) is 5.91 Å². The number of carbonyl (C=O) groups is 1. The summed E-state index contributed by atoms with van der Waals surface area (Å²) in [5.74, 6) is 1.65. The van der Waals surface area contributed by atoms with Gasteiger partial charge >= 0.3 is 0 Å². The van der Waals surface area contributed by atoms with Crippen molar-refractivity contribution in [3.05, 3.63) is 11.7 Å². The Kier molecular flexibility index (Phi) is 5.84. The van der Waals surface area contributed by atoms with Crippen LogP contribution in [-0.4, -0.2) is 64.7 Å². The Hall–Kier alpha value is -1.47. The molecule has 134 valence electrons. The predicted molar refractivity (Wildman–Crippen MR) is 88.3 cm³/mol. The van der Waals surface area contributed by atoms with Crippen LogP contribution in [0.5, 0.6) is 0 Å². The zero-order valence-electron chi connectivity index (χ0n) is 14.7. The van der Waals surface area contributed by atoms with Gasteiger partial charge in [0.05, 0.1) is 13.2 Å². The van der Waals surface area contributed by atoms with E-state index in [1.54, 1.807) is 7.11 Å². The third kappa shape index (κ3) is 3.78. The Morgan fingerprint density at radius 3 is 2.88 bits per heavy atom. The molecule has 2 fully saturated rings. The molecule has 24 heavy (non-hydrogen) atoms. The van der Waals surface area contributed by atoms with E-state index in [9.17, 15) is 4.79 Å². The third-order valence-corrected chi connectivity index (χ3v) is 5.16. The average Bonchev–Trinajstić information content (AvgIpc) is 3.32. The van der Waals surface area contributed by atoms with Crippen molar-refractivity contribution in [3.63, 3.8) is 0 Å². The number of likely N-dealkylation sites (tertiary alicyclic amines) is 2. The lowest BCUT2D eigenvalue weighted by Gasteiger charge is -2.34. The van der Waals surface area contributed by atoms with Crippen molar-refractivity contribution in [1.82, 2.24) is 19.9 Å². The molecule has 1 amide bonds. The number of hydrogen-bond donors (Lipinski definition) is 0. The first-order valence-corrected chi connectivity index (χ1v) is 9.06. The van der Waals surface area contributed by atoms with Crippen LogP contribution in [0.2, 0.25) is 0 Å². The minimum Gasteiger partial charge on any atom is -0.384 e. The Morgan fingerprint density at radius 2 is 2.08 bits per heavy atom. The summed E-state index contributed by atoms with van der Waals surface area (Å²) >= 11 is 0. The second kappa shape index (κ2) is 8.07. The van der Waals surface area contributed by atoms with E-state index in [0.717, 1.165) is 32.4 Å². The van der Waals surface area contributed by atoms with E-state index in [0.29, 0.717) is 49.8 Å². The summed E-state index contributed by atoms with van der Waals surface area (Å²) in [4.78, 5) is 21.2. The van der Waals surface area contributed by atoms with Gasteiger partial charge in [0.2, 0.25) is 11.8 Å². The SMILES string of the molecule is CCC(=O)N1CCC[C@H]1[C@@H]1CCCN1Cc1nc(CCOC)no1. The first-order valence-electron chi connectivity index (χ1n) is 9.06. The van der Waals surface area contributed by atoms with Crippen LogP contribution in [0.15, 0.2) is 4.52 Å². The molecule has 0 bridgehead atoms. The molecular formula is C17H28N4O3. The normalized spacial score (nSPS) is 24.8. The van der Waals surface area contributed by atoms with Crippen LogP contribution in [0.3, 0.4) is 0 Å². The molecule has 0 N–H and O–H groups in total. The Balaban J connectivity index is 1.63. The number of ether oxygens (including phenoxy) is 1. The fourth-order valence-electron chi connectivity index (χ4n) is 4.01. The van der Waals surface area contributed by atoms with Gasteiger partial charge in [-0.25, -0.2) is 0 Å². The molecular weight excluding hydrogens is 308 g/mol. The lowest BCUT2D eigenvalue weighted by molar-refractivity contribution is -0.132. The number of nitrogens with zero attached hydrogens (tertiary/aromatic N) is 4. The van der Waals surface area contributed by atoms with Crippen LogP contribution in [-0.2, 0) is 22.5 Å². The molecule has 2 atom stereocenters. The van der Waals surface area contributed by atoms with Crippen LogP contribution in [0, 0.1) is 0 Å². The van der Waals surface area contributed by atoms with E-state index in [1.165, 1.54) is 6.42 Å². The van der Waals surface area contributed by atoms with Gasteiger partial charge in [0.1, 0.15) is 0 Å². The summed E-state index contributed by atoms with van der Waals surface area (Å²) in [7, 11) is 1.67. The lowest BCUT2D eigenvalue weighted by Crippen LogP contribution is -2.47. The molecule has 0 spiro atoms. The van der Waals surface area contributed by atoms with Crippen molar-refractivity contribution < 1.29 is 14.1 Å². The maximum atomic E-state index is 12.2. The largest absolute Gasteiger partial charge is 0.384 e. The number of amides is 1. The van der Waals surface area contributed by atoms with Crippen molar-refractivity contribution in [3.8, 4) is 0 Å². The first kappa shape index (κ1) is 17.4. The summed E-state index contributed by atoms with van der Waals surface area (Å²) in [5, 5.41) is 4.02. The van der Waals surface area contributed by atoms with Gasteiger partial charge in [0.25, 0.3) is 0 Å². The molecule has 7 heteroatoms. The zero-order valence-corrected chi connectivity index (χ0v) is 14.7. The second-order valence-corrected chi connectivity index (χ2v) is 6.68. The van der Waals surface area contributed by atoms with Gasteiger partial charge in [0, 0.05) is 38.6 Å². The summed E-state index contributed by atoms with van der Waals surface area (Å²) in [6.07, 6.45) is 5.79. The molecule has 2 aliphatic heterocycles. The first-order chi connectivity index (χ1) is 11.7. The minimum atomic E-state index is 0.281. The van der Waals surface area contributed by atoms with Crippen molar-refractivity contribution in [2.75, 3.05) is 26.8 Å². The summed E-state index contributed by atoms with van der Waals surface area (Å²) < 4.78 is 10.4. The number of hydrogen-bond acceptors (Lipinski definition) is 6. The number of rotatable bonds is 7. The van der Waals surface area contributed by atoms with Crippen LogP contribution >= 0.6 is 0 Å². The van der Waals surface area contributed by atoms with Gasteiger partial charge in [-0.15, -0.1) is 0 Å². The average molecular weight is 336 g/mol. The molecule has 0 saturated carbocycles. The predicted octanol–water partition coefficient (Wildman–Crippen LogP) is 1.62. The molecule has 7 nitrogen and oxygen atoms in total. The standard InChI is InChI=1S/C17H28N4O3/c1-3-17(22)21-10-5-7-14(21)13-6-4-9-20(13)12-16-18-15(19-24-16)8-11-23-2/h13-14H,3-12H2,1-2H3/t13-,14-/m0/s1. The Morgan fingerprint density at radius 1 is 1.29 bits per heavy atom. The number of methoxy groups -OCH3 is 1. The molecule has 0 aromatic carbocycles. The van der Waals surface area contributed by atoms with E-state index >= 15 is 0 Å². The minimum absolute atomic E-state index is 0.281. The van der Waals surface area contributed by atoms with Gasteiger partial charge in [-0.3, -0.25) is 9.69 Å². The summed E-state index contributed by atoms with van der Waals surface area (Å²) in [6, 6.07) is 0.758. The second-order valence-electron chi connectivity index (χ2n) is 6.68. The molecule has 0 unspecified atom stereocenters. The highest BCUT2D eigenvalue weighted by Crippen LogP contribution is 2.31. The molecule has 3 heterocycles. The fraction of sp³-hybridized carbons (Fsp3) is 0.824. The lowest BCUT2D eigenvalue weighted by atomic mass is 10.0. The van der Waals surface area contributed by atoms with E-state index < -0.39 is 0 Å². The highest BCUT2D eigenvalue weighted by atomic mass is 16.5. The Bertz CT molecular complexity index is 548. The zero-order chi connectivity index (χ0) is 16.9. The summed E-state index contributed by atoms with van der Waals surface area (Å²) in [5.41, 5.74) is 0. The van der Waals surface area contributed by atoms with E-state index in [1.807, 2.05) is 6.92 Å². The van der Waals surface area contributed by atoms with Gasteiger partial charge in [-0.05, 0) is 32.2 Å². The molecule has 0 radical (unpaired) electrons. The van der Waals surface area contributed by atoms with Crippen LogP contribution < -0.4 is 0 Å². The molecule has 2 saturated heterocycles. The maximum absolute atomic E-state index is 12.2.